The van der Waals surface area contributed by atoms with Gasteiger partial charge in [0.1, 0.15) is 0 Å². The normalized spacial score (nSPS) is 27.6. The van der Waals surface area contributed by atoms with Crippen LogP contribution in [0.4, 0.5) is 0 Å². The summed E-state index contributed by atoms with van der Waals surface area (Å²) in [7, 11) is 0. The lowest BCUT2D eigenvalue weighted by Gasteiger charge is -2.45. The molecule has 4 saturated heterocycles. The summed E-state index contributed by atoms with van der Waals surface area (Å²) in [5, 5.41) is 0. The Labute approximate surface area is 324 Å². The molecule has 4 unspecified atom stereocenters. The molecule has 4 rings (SSSR count). The molecule has 0 saturated carbocycles. The Balaban J connectivity index is 0.000000340. The van der Waals surface area contributed by atoms with Gasteiger partial charge in [0, 0.05) is 49.8 Å². The molecule has 4 heteroatoms. The first kappa shape index (κ1) is 48.9. The van der Waals surface area contributed by atoms with Gasteiger partial charge in [-0.15, -0.1) is 0 Å². The van der Waals surface area contributed by atoms with E-state index in [4.69, 9.17) is 0 Å². The summed E-state index contributed by atoms with van der Waals surface area (Å²) < 4.78 is 0. The van der Waals surface area contributed by atoms with Gasteiger partial charge in [0.05, 0.1) is 0 Å². The SMILES string of the molecule is CC(C)C1CCCN(C(C)C)C1.CC(C)CC1CCCCN1C(C)C.CC(C)CC1CCCN(C(C)C)C1.CC(C)N1CCCC(C)(C(C)C)C1. The zero-order valence-electron chi connectivity index (χ0n) is 38.4. The quantitative estimate of drug-likeness (QED) is 0.223. The van der Waals surface area contributed by atoms with E-state index >= 15 is 0 Å². The minimum atomic E-state index is 0.558. The zero-order valence-corrected chi connectivity index (χ0v) is 38.4. The predicted octanol–water partition coefficient (Wildman–Crippen LogP) is 12.4. The van der Waals surface area contributed by atoms with Gasteiger partial charge in [0.15, 0.2) is 0 Å². The molecule has 0 aromatic carbocycles. The number of piperidine rings is 4. The van der Waals surface area contributed by atoms with Crippen molar-refractivity contribution in [2.45, 2.75) is 219 Å². The zero-order chi connectivity index (χ0) is 38.9. The van der Waals surface area contributed by atoms with E-state index in [2.05, 4.69) is 137 Å². The Kier molecular flexibility index (Phi) is 24.0. The van der Waals surface area contributed by atoms with Gasteiger partial charge in [-0.05, 0) is 187 Å². The molecule has 4 fully saturated rings. The van der Waals surface area contributed by atoms with Crippen LogP contribution in [0.5, 0.6) is 0 Å². The molecule has 4 aliphatic heterocycles. The molecular formula is C47H98N4. The second kappa shape index (κ2) is 25.1. The summed E-state index contributed by atoms with van der Waals surface area (Å²) in [5.74, 6) is 5.32. The molecule has 4 nitrogen and oxygen atoms in total. The van der Waals surface area contributed by atoms with Crippen molar-refractivity contribution < 1.29 is 0 Å². The molecule has 0 aromatic heterocycles. The van der Waals surface area contributed by atoms with E-state index in [9.17, 15) is 0 Å². The molecule has 4 heterocycles. The van der Waals surface area contributed by atoms with E-state index in [1.54, 1.807) is 0 Å². The Bertz CT molecular complexity index is 833. The minimum absolute atomic E-state index is 0.558. The average molecular weight is 719 g/mol. The molecule has 4 aliphatic rings. The Morgan fingerprint density at radius 1 is 0.510 bits per heavy atom. The Hall–Kier alpha value is -0.160. The van der Waals surface area contributed by atoms with Crippen molar-refractivity contribution in [1.82, 2.24) is 19.6 Å². The van der Waals surface area contributed by atoms with Crippen LogP contribution in [0.25, 0.3) is 0 Å². The molecule has 306 valence electrons. The topological polar surface area (TPSA) is 13.0 Å². The second-order valence-electron chi connectivity index (χ2n) is 20.5. The number of hydrogen-bond acceptors (Lipinski definition) is 4. The molecule has 0 aromatic rings. The summed E-state index contributed by atoms with van der Waals surface area (Å²) in [6, 6.07) is 3.82. The Morgan fingerprint density at radius 2 is 1.04 bits per heavy atom. The van der Waals surface area contributed by atoms with Crippen LogP contribution in [0.3, 0.4) is 0 Å². The molecular weight excluding hydrogens is 621 g/mol. The highest BCUT2D eigenvalue weighted by Crippen LogP contribution is 2.37. The van der Waals surface area contributed by atoms with Crippen molar-refractivity contribution in [2.24, 2.45) is 40.9 Å². The summed E-state index contributed by atoms with van der Waals surface area (Å²) in [4.78, 5) is 10.6. The first-order valence-corrected chi connectivity index (χ1v) is 22.7. The van der Waals surface area contributed by atoms with Crippen molar-refractivity contribution >= 4 is 0 Å². The van der Waals surface area contributed by atoms with E-state index in [1.165, 1.54) is 116 Å². The van der Waals surface area contributed by atoms with Crippen molar-refractivity contribution in [1.29, 1.82) is 0 Å². The molecule has 0 aliphatic carbocycles. The van der Waals surface area contributed by atoms with Crippen LogP contribution in [-0.2, 0) is 0 Å². The van der Waals surface area contributed by atoms with Gasteiger partial charge in [0.2, 0.25) is 0 Å². The van der Waals surface area contributed by atoms with Crippen molar-refractivity contribution in [3.8, 4) is 0 Å². The van der Waals surface area contributed by atoms with Crippen molar-refractivity contribution in [3.63, 3.8) is 0 Å². The third-order valence-corrected chi connectivity index (χ3v) is 13.2. The van der Waals surface area contributed by atoms with Crippen molar-refractivity contribution in [3.05, 3.63) is 0 Å². The van der Waals surface area contributed by atoms with Crippen LogP contribution in [0.1, 0.15) is 188 Å². The van der Waals surface area contributed by atoms with Crippen molar-refractivity contribution in [2.75, 3.05) is 45.8 Å². The Morgan fingerprint density at radius 3 is 1.53 bits per heavy atom. The largest absolute Gasteiger partial charge is 0.301 e. The first-order chi connectivity index (χ1) is 23.8. The average Bonchev–Trinajstić information content (AvgIpc) is 3.05. The van der Waals surface area contributed by atoms with Gasteiger partial charge in [-0.25, -0.2) is 0 Å². The van der Waals surface area contributed by atoms with Crippen LogP contribution < -0.4 is 0 Å². The number of likely N-dealkylation sites (tertiary alicyclic amines) is 4. The van der Waals surface area contributed by atoms with Gasteiger partial charge >= 0.3 is 0 Å². The van der Waals surface area contributed by atoms with Crippen LogP contribution in [0.15, 0.2) is 0 Å². The van der Waals surface area contributed by atoms with Crippen LogP contribution in [0, 0.1) is 40.9 Å². The third-order valence-electron chi connectivity index (χ3n) is 13.2. The van der Waals surface area contributed by atoms with Gasteiger partial charge < -0.3 is 14.7 Å². The lowest BCUT2D eigenvalue weighted by molar-refractivity contribution is 0.0450. The van der Waals surface area contributed by atoms with Crippen LogP contribution >= 0.6 is 0 Å². The maximum Gasteiger partial charge on any atom is 0.0100 e. The number of rotatable bonds is 10. The van der Waals surface area contributed by atoms with E-state index in [-0.39, 0.29) is 0 Å². The highest BCUT2D eigenvalue weighted by atomic mass is 15.2. The van der Waals surface area contributed by atoms with Crippen LogP contribution in [0.2, 0.25) is 0 Å². The fraction of sp³-hybridized carbons (Fsp3) is 1.00. The molecule has 0 spiro atoms. The number of nitrogens with zero attached hydrogens (tertiary/aromatic N) is 4. The molecule has 0 radical (unpaired) electrons. The monoisotopic (exact) mass is 719 g/mol. The molecule has 0 amide bonds. The van der Waals surface area contributed by atoms with E-state index in [0.717, 1.165) is 65.7 Å². The number of hydrogen-bond donors (Lipinski definition) is 0. The molecule has 0 N–H and O–H groups in total. The first-order valence-electron chi connectivity index (χ1n) is 22.7. The summed E-state index contributed by atoms with van der Waals surface area (Å²) in [6.45, 7) is 49.0. The van der Waals surface area contributed by atoms with Gasteiger partial charge in [-0.1, -0.05) is 68.7 Å². The lowest BCUT2D eigenvalue weighted by atomic mass is 9.73. The van der Waals surface area contributed by atoms with Gasteiger partial charge in [0.25, 0.3) is 0 Å². The van der Waals surface area contributed by atoms with Gasteiger partial charge in [-0.2, -0.15) is 0 Å². The smallest absolute Gasteiger partial charge is 0.0100 e. The summed E-state index contributed by atoms with van der Waals surface area (Å²) in [6.07, 6.45) is 15.6. The van der Waals surface area contributed by atoms with E-state index in [0.29, 0.717) is 5.41 Å². The molecule has 4 atom stereocenters. The maximum absolute atomic E-state index is 2.70. The fourth-order valence-corrected chi connectivity index (χ4v) is 9.20. The predicted molar refractivity (Wildman–Crippen MR) is 231 cm³/mol. The molecule has 51 heavy (non-hydrogen) atoms. The molecule has 0 bridgehead atoms. The maximum atomic E-state index is 2.70. The second-order valence-corrected chi connectivity index (χ2v) is 20.5. The summed E-state index contributed by atoms with van der Waals surface area (Å²) >= 11 is 0. The fourth-order valence-electron chi connectivity index (χ4n) is 9.20. The highest BCUT2D eigenvalue weighted by Gasteiger charge is 2.34. The lowest BCUT2D eigenvalue weighted by Crippen LogP contribution is -2.47. The summed E-state index contributed by atoms with van der Waals surface area (Å²) in [5.41, 5.74) is 0.558. The van der Waals surface area contributed by atoms with E-state index in [1.807, 2.05) is 0 Å². The van der Waals surface area contributed by atoms with E-state index < -0.39 is 0 Å². The highest BCUT2D eigenvalue weighted by molar-refractivity contribution is 4.87. The minimum Gasteiger partial charge on any atom is -0.301 e. The third kappa shape index (κ3) is 19.3. The van der Waals surface area contributed by atoms with Crippen LogP contribution in [-0.4, -0.2) is 95.6 Å². The van der Waals surface area contributed by atoms with Gasteiger partial charge in [-0.3, -0.25) is 4.90 Å². The standard InChI is InChI=1S/3C12H25N.C11H23N/c1-10(2)12(5)7-6-8-13(9-12)11(3)4;1-10(2)8-12-6-5-7-13(9-12)11(3)4;1-10(2)9-12-7-5-6-8-13(12)11(3)4;1-9(2)11-6-5-7-12(8-11)10(3)4/h10-11H,6-9H2,1-5H3;2*10-12H,5-9H2,1-4H3;9-11H,5-8H2,1-4H3.